The second-order valence-corrected chi connectivity index (χ2v) is 5.79. The molecule has 2 heteroatoms. The Hall–Kier alpha value is -1.02. The second kappa shape index (κ2) is 6.24. The minimum atomic E-state index is 0.356. The number of nitrogens with zero attached hydrogens (tertiary/aromatic N) is 1. The molecule has 1 aromatic rings. The molecular formula is C16H25NO. The van der Waals surface area contributed by atoms with E-state index in [-0.39, 0.29) is 0 Å². The molecule has 1 aliphatic heterocycles. The molecule has 2 rings (SSSR count). The number of hydrogen-bond donors (Lipinski definition) is 1. The van der Waals surface area contributed by atoms with Crippen molar-refractivity contribution in [3.05, 3.63) is 29.8 Å². The summed E-state index contributed by atoms with van der Waals surface area (Å²) >= 11 is 0. The van der Waals surface area contributed by atoms with Crippen LogP contribution in [-0.4, -0.2) is 29.1 Å². The molecule has 1 aliphatic rings. The third-order valence-electron chi connectivity index (χ3n) is 4.14. The molecule has 0 radical (unpaired) electrons. The molecule has 0 saturated carbocycles. The average Bonchev–Trinajstić information content (AvgIpc) is 2.57. The minimum absolute atomic E-state index is 0.356. The summed E-state index contributed by atoms with van der Waals surface area (Å²) in [7, 11) is 0. The number of aromatic hydroxyl groups is 1. The van der Waals surface area contributed by atoms with Crippen LogP contribution in [-0.2, 0) is 6.42 Å². The first kappa shape index (κ1) is 13.4. The van der Waals surface area contributed by atoms with E-state index in [1.807, 2.05) is 12.1 Å². The zero-order valence-electron chi connectivity index (χ0n) is 11.6. The first-order valence-electron chi connectivity index (χ1n) is 7.17. The summed E-state index contributed by atoms with van der Waals surface area (Å²) in [5.41, 5.74) is 1.32. The van der Waals surface area contributed by atoms with Gasteiger partial charge in [0, 0.05) is 6.04 Å². The van der Waals surface area contributed by atoms with Crippen molar-refractivity contribution in [2.24, 2.45) is 5.92 Å². The van der Waals surface area contributed by atoms with E-state index < -0.39 is 0 Å². The fourth-order valence-electron chi connectivity index (χ4n) is 2.83. The second-order valence-electron chi connectivity index (χ2n) is 5.79. The lowest BCUT2D eigenvalue weighted by atomic mass is 10.0. The van der Waals surface area contributed by atoms with Gasteiger partial charge in [-0.05, 0) is 69.3 Å². The Morgan fingerprint density at radius 1 is 1.22 bits per heavy atom. The van der Waals surface area contributed by atoms with Crippen molar-refractivity contribution in [3.63, 3.8) is 0 Å². The number of rotatable bonds is 3. The first-order chi connectivity index (χ1) is 8.65. The highest BCUT2D eigenvalue weighted by Crippen LogP contribution is 2.20. The van der Waals surface area contributed by atoms with Crippen molar-refractivity contribution < 1.29 is 5.11 Å². The summed E-state index contributed by atoms with van der Waals surface area (Å²) in [4.78, 5) is 2.62. The van der Waals surface area contributed by atoms with E-state index in [2.05, 4.69) is 18.7 Å². The molecule has 0 spiro atoms. The summed E-state index contributed by atoms with van der Waals surface area (Å²) < 4.78 is 0. The van der Waals surface area contributed by atoms with E-state index in [1.54, 1.807) is 12.1 Å². The van der Waals surface area contributed by atoms with E-state index in [9.17, 15) is 5.11 Å². The van der Waals surface area contributed by atoms with Crippen molar-refractivity contribution in [1.82, 2.24) is 4.90 Å². The summed E-state index contributed by atoms with van der Waals surface area (Å²) in [5, 5.41) is 9.30. The van der Waals surface area contributed by atoms with Gasteiger partial charge in [0.25, 0.3) is 0 Å². The summed E-state index contributed by atoms with van der Waals surface area (Å²) in [6, 6.07) is 8.23. The largest absolute Gasteiger partial charge is 0.508 e. The standard InChI is InChI=1S/C16H25NO/c1-13-4-3-10-17(11-9-13)14(2)12-15-5-7-16(18)8-6-15/h5-8,13-14,18H,3-4,9-12H2,1-2H3. The molecule has 100 valence electrons. The van der Waals surface area contributed by atoms with E-state index in [1.165, 1.54) is 37.9 Å². The predicted molar refractivity (Wildman–Crippen MR) is 75.9 cm³/mol. The first-order valence-corrected chi connectivity index (χ1v) is 7.17. The maximum absolute atomic E-state index is 9.30. The molecule has 2 nitrogen and oxygen atoms in total. The Morgan fingerprint density at radius 2 is 1.94 bits per heavy atom. The van der Waals surface area contributed by atoms with Crippen LogP contribution in [0.4, 0.5) is 0 Å². The van der Waals surface area contributed by atoms with Crippen LogP contribution in [0.1, 0.15) is 38.7 Å². The fourth-order valence-corrected chi connectivity index (χ4v) is 2.83. The van der Waals surface area contributed by atoms with Gasteiger partial charge in [-0.25, -0.2) is 0 Å². The van der Waals surface area contributed by atoms with Crippen molar-refractivity contribution >= 4 is 0 Å². The molecule has 1 N–H and O–H groups in total. The van der Waals surface area contributed by atoms with Gasteiger partial charge in [-0.2, -0.15) is 0 Å². The van der Waals surface area contributed by atoms with Gasteiger partial charge in [-0.3, -0.25) is 0 Å². The molecule has 0 amide bonds. The summed E-state index contributed by atoms with van der Waals surface area (Å²) in [5.74, 6) is 1.24. The zero-order chi connectivity index (χ0) is 13.0. The Labute approximate surface area is 111 Å². The molecule has 0 aromatic heterocycles. The Morgan fingerprint density at radius 3 is 2.67 bits per heavy atom. The normalized spacial score (nSPS) is 23.6. The third kappa shape index (κ3) is 3.74. The molecule has 18 heavy (non-hydrogen) atoms. The molecular weight excluding hydrogens is 222 g/mol. The third-order valence-corrected chi connectivity index (χ3v) is 4.14. The van der Waals surface area contributed by atoms with E-state index in [4.69, 9.17) is 0 Å². The van der Waals surface area contributed by atoms with Crippen LogP contribution in [0.2, 0.25) is 0 Å². The quantitative estimate of drug-likeness (QED) is 0.884. The fraction of sp³-hybridized carbons (Fsp3) is 0.625. The summed E-state index contributed by atoms with van der Waals surface area (Å²) in [6.45, 7) is 7.17. The summed E-state index contributed by atoms with van der Waals surface area (Å²) in [6.07, 6.45) is 5.12. The van der Waals surface area contributed by atoms with Gasteiger partial charge in [0.2, 0.25) is 0 Å². The van der Waals surface area contributed by atoms with E-state index in [0.29, 0.717) is 11.8 Å². The van der Waals surface area contributed by atoms with E-state index in [0.717, 1.165) is 12.3 Å². The smallest absolute Gasteiger partial charge is 0.115 e. The van der Waals surface area contributed by atoms with Crippen LogP contribution in [0.3, 0.4) is 0 Å². The van der Waals surface area contributed by atoms with E-state index >= 15 is 0 Å². The van der Waals surface area contributed by atoms with Gasteiger partial charge < -0.3 is 10.0 Å². The predicted octanol–water partition coefficient (Wildman–Crippen LogP) is 3.45. The maximum Gasteiger partial charge on any atom is 0.115 e. The Kier molecular flexibility index (Phi) is 4.65. The highest BCUT2D eigenvalue weighted by molar-refractivity contribution is 5.26. The molecule has 1 aromatic carbocycles. The van der Waals surface area contributed by atoms with Gasteiger partial charge in [-0.15, -0.1) is 0 Å². The Bertz CT molecular complexity index is 360. The van der Waals surface area contributed by atoms with Crippen LogP contribution in [0.15, 0.2) is 24.3 Å². The number of hydrogen-bond acceptors (Lipinski definition) is 2. The van der Waals surface area contributed by atoms with Crippen molar-refractivity contribution in [2.75, 3.05) is 13.1 Å². The topological polar surface area (TPSA) is 23.5 Å². The monoisotopic (exact) mass is 247 g/mol. The number of phenols is 1. The highest BCUT2D eigenvalue weighted by Gasteiger charge is 2.18. The molecule has 2 unspecified atom stereocenters. The number of benzene rings is 1. The Balaban J connectivity index is 1.90. The zero-order valence-corrected chi connectivity index (χ0v) is 11.6. The highest BCUT2D eigenvalue weighted by atomic mass is 16.3. The lowest BCUT2D eigenvalue weighted by Crippen LogP contribution is -2.35. The molecule has 1 saturated heterocycles. The molecule has 0 aliphatic carbocycles. The van der Waals surface area contributed by atoms with Gasteiger partial charge in [-0.1, -0.05) is 19.1 Å². The minimum Gasteiger partial charge on any atom is -0.508 e. The van der Waals surface area contributed by atoms with Crippen LogP contribution in [0, 0.1) is 5.92 Å². The van der Waals surface area contributed by atoms with Crippen molar-refractivity contribution in [2.45, 2.75) is 45.6 Å². The van der Waals surface area contributed by atoms with Gasteiger partial charge in [0.05, 0.1) is 0 Å². The van der Waals surface area contributed by atoms with Crippen LogP contribution >= 0.6 is 0 Å². The molecule has 1 fully saturated rings. The SMILES string of the molecule is CC1CCCN(C(C)Cc2ccc(O)cc2)CC1. The van der Waals surface area contributed by atoms with Crippen LogP contribution < -0.4 is 0 Å². The van der Waals surface area contributed by atoms with Gasteiger partial charge in [0.15, 0.2) is 0 Å². The number of phenolic OH excluding ortho intramolecular Hbond substituents is 1. The molecule has 0 bridgehead atoms. The number of likely N-dealkylation sites (tertiary alicyclic amines) is 1. The van der Waals surface area contributed by atoms with Gasteiger partial charge >= 0.3 is 0 Å². The maximum atomic E-state index is 9.30. The lowest BCUT2D eigenvalue weighted by Gasteiger charge is -2.27. The molecule has 2 atom stereocenters. The van der Waals surface area contributed by atoms with Crippen molar-refractivity contribution in [3.8, 4) is 5.75 Å². The van der Waals surface area contributed by atoms with Crippen LogP contribution in [0.5, 0.6) is 5.75 Å². The van der Waals surface area contributed by atoms with Crippen LogP contribution in [0.25, 0.3) is 0 Å². The van der Waals surface area contributed by atoms with Gasteiger partial charge in [0.1, 0.15) is 5.75 Å². The lowest BCUT2D eigenvalue weighted by molar-refractivity contribution is 0.213. The molecule has 1 heterocycles. The average molecular weight is 247 g/mol. The van der Waals surface area contributed by atoms with Crippen molar-refractivity contribution in [1.29, 1.82) is 0 Å².